The maximum atomic E-state index is 5.39. The highest BCUT2D eigenvalue weighted by molar-refractivity contribution is 7.99. The van der Waals surface area contributed by atoms with E-state index in [0.29, 0.717) is 12.6 Å². The fraction of sp³-hybridized carbons (Fsp3) is 0.727. The summed E-state index contributed by atoms with van der Waals surface area (Å²) in [5, 5.41) is 3.17. The van der Waals surface area contributed by atoms with Crippen molar-refractivity contribution in [3.8, 4) is 6.01 Å². The molecular weight excluding hydrogens is 264 g/mol. The second kappa shape index (κ2) is 7.34. The van der Waals surface area contributed by atoms with Crippen molar-refractivity contribution in [2.45, 2.75) is 31.9 Å². The molecule has 1 aromatic heterocycles. The van der Waals surface area contributed by atoms with Crippen LogP contribution in [0.4, 0.5) is 11.9 Å². The number of nitrogen functional groups attached to an aromatic ring is 1. The molecule has 1 aromatic rings. The van der Waals surface area contributed by atoms with Crippen LogP contribution < -0.4 is 21.3 Å². The summed E-state index contributed by atoms with van der Waals surface area (Å²) < 4.78 is 5.48. The predicted octanol–water partition coefficient (Wildman–Crippen LogP) is 1.50. The Morgan fingerprint density at radius 1 is 1.26 bits per heavy atom. The van der Waals surface area contributed by atoms with Crippen LogP contribution in [0.25, 0.3) is 0 Å². The van der Waals surface area contributed by atoms with Crippen molar-refractivity contribution >= 4 is 23.7 Å². The molecule has 0 aliphatic heterocycles. The highest BCUT2D eigenvalue weighted by Crippen LogP contribution is 2.21. The third kappa shape index (κ3) is 5.48. The Morgan fingerprint density at radius 3 is 2.53 bits per heavy atom. The fourth-order valence-electron chi connectivity index (χ4n) is 1.12. The summed E-state index contributed by atoms with van der Waals surface area (Å²) in [7, 11) is 0. The molecule has 0 radical (unpaired) electrons. The Labute approximate surface area is 118 Å². The molecule has 0 unspecified atom stereocenters. The minimum absolute atomic E-state index is 0.0907. The zero-order chi connectivity index (χ0) is 14.3. The first-order valence-corrected chi connectivity index (χ1v) is 7.37. The maximum Gasteiger partial charge on any atom is 0.323 e. The molecule has 0 spiro atoms. The summed E-state index contributed by atoms with van der Waals surface area (Å²) >= 11 is 1.77. The van der Waals surface area contributed by atoms with Gasteiger partial charge in [-0.2, -0.15) is 26.7 Å². The summed E-state index contributed by atoms with van der Waals surface area (Å²) in [6.45, 7) is 7.59. The summed E-state index contributed by atoms with van der Waals surface area (Å²) in [6.07, 6.45) is 2.96. The summed E-state index contributed by atoms with van der Waals surface area (Å²) in [5.41, 5.74) is 2.41. The van der Waals surface area contributed by atoms with Crippen LogP contribution in [0, 0.1) is 0 Å². The van der Waals surface area contributed by atoms with Gasteiger partial charge in [0.05, 0.1) is 6.61 Å². The molecule has 8 heteroatoms. The van der Waals surface area contributed by atoms with Gasteiger partial charge in [0.1, 0.15) is 0 Å². The van der Waals surface area contributed by atoms with E-state index >= 15 is 0 Å². The second-order valence-corrected chi connectivity index (χ2v) is 6.09. The lowest BCUT2D eigenvalue weighted by atomic mass is 10.2. The normalized spacial score (nSPS) is 11.2. The lowest BCUT2D eigenvalue weighted by molar-refractivity contribution is 0.292. The van der Waals surface area contributed by atoms with Crippen LogP contribution in [0.15, 0.2) is 0 Å². The van der Waals surface area contributed by atoms with Gasteiger partial charge >= 0.3 is 6.01 Å². The SMILES string of the molecule is CCCOc1nc(NN)nc(NCC(C)(C)SC)n1. The molecule has 0 fully saturated rings. The molecule has 7 nitrogen and oxygen atoms in total. The van der Waals surface area contributed by atoms with Gasteiger partial charge in [-0.05, 0) is 26.5 Å². The Balaban J connectivity index is 2.76. The van der Waals surface area contributed by atoms with E-state index in [0.717, 1.165) is 13.0 Å². The van der Waals surface area contributed by atoms with Crippen LogP contribution in [0.5, 0.6) is 6.01 Å². The number of hydrogen-bond donors (Lipinski definition) is 3. The summed E-state index contributed by atoms with van der Waals surface area (Å²) in [5.74, 6) is 6.07. The first kappa shape index (κ1) is 15.8. The van der Waals surface area contributed by atoms with Gasteiger partial charge in [-0.3, -0.25) is 5.43 Å². The standard InChI is InChI=1S/C11H22N6OS/c1-5-6-18-10-15-8(14-9(16-10)17-12)13-7-11(2,3)19-4/h5-7,12H2,1-4H3,(H2,13,14,15,16,17). The van der Waals surface area contributed by atoms with E-state index in [1.165, 1.54) is 0 Å². The lowest BCUT2D eigenvalue weighted by Gasteiger charge is -2.22. The largest absolute Gasteiger partial charge is 0.463 e. The molecule has 0 atom stereocenters. The molecule has 1 heterocycles. The van der Waals surface area contributed by atoms with Gasteiger partial charge < -0.3 is 10.1 Å². The van der Waals surface area contributed by atoms with E-state index in [4.69, 9.17) is 10.6 Å². The third-order valence-electron chi connectivity index (χ3n) is 2.40. The van der Waals surface area contributed by atoms with E-state index in [-0.39, 0.29) is 16.7 Å². The van der Waals surface area contributed by atoms with Gasteiger partial charge in [0, 0.05) is 11.3 Å². The van der Waals surface area contributed by atoms with Crippen molar-refractivity contribution in [1.82, 2.24) is 15.0 Å². The topological polar surface area (TPSA) is 98.0 Å². The van der Waals surface area contributed by atoms with Gasteiger partial charge in [0.15, 0.2) is 0 Å². The number of thioether (sulfide) groups is 1. The van der Waals surface area contributed by atoms with Crippen molar-refractivity contribution in [1.29, 1.82) is 0 Å². The van der Waals surface area contributed by atoms with Crippen molar-refractivity contribution in [2.24, 2.45) is 5.84 Å². The Kier molecular flexibility index (Phi) is 6.10. The quantitative estimate of drug-likeness (QED) is 0.488. The monoisotopic (exact) mass is 286 g/mol. The number of hydrazine groups is 1. The number of rotatable bonds is 8. The van der Waals surface area contributed by atoms with Crippen LogP contribution in [-0.2, 0) is 0 Å². The molecule has 0 aliphatic carbocycles. The minimum atomic E-state index is 0.0907. The van der Waals surface area contributed by atoms with E-state index in [1.54, 1.807) is 11.8 Å². The highest BCUT2D eigenvalue weighted by atomic mass is 32.2. The molecule has 4 N–H and O–H groups in total. The van der Waals surface area contributed by atoms with Crippen molar-refractivity contribution in [2.75, 3.05) is 30.1 Å². The first-order chi connectivity index (χ1) is 9.00. The third-order valence-corrected chi connectivity index (χ3v) is 3.65. The van der Waals surface area contributed by atoms with Gasteiger partial charge in [0.25, 0.3) is 0 Å². The molecule has 108 valence electrons. The van der Waals surface area contributed by atoms with Crippen LogP contribution in [0.2, 0.25) is 0 Å². The smallest absolute Gasteiger partial charge is 0.323 e. The van der Waals surface area contributed by atoms with Crippen molar-refractivity contribution < 1.29 is 4.74 Å². The highest BCUT2D eigenvalue weighted by Gasteiger charge is 2.16. The Bertz CT molecular complexity index is 401. The van der Waals surface area contributed by atoms with Gasteiger partial charge in [-0.15, -0.1) is 0 Å². The van der Waals surface area contributed by atoms with E-state index in [1.807, 2.05) is 6.92 Å². The molecule has 0 saturated carbocycles. The number of aromatic nitrogens is 3. The molecule has 0 aromatic carbocycles. The average Bonchev–Trinajstić information content (AvgIpc) is 2.42. The zero-order valence-corrected chi connectivity index (χ0v) is 12.7. The molecule has 0 amide bonds. The van der Waals surface area contributed by atoms with Gasteiger partial charge in [-0.25, -0.2) is 5.84 Å². The molecular formula is C11H22N6OS. The van der Waals surface area contributed by atoms with Crippen molar-refractivity contribution in [3.63, 3.8) is 0 Å². The van der Waals surface area contributed by atoms with E-state index in [2.05, 4.69) is 45.8 Å². The number of nitrogens with two attached hydrogens (primary N) is 1. The Hall–Kier alpha value is -1.28. The van der Waals surface area contributed by atoms with Crippen LogP contribution in [0.1, 0.15) is 27.2 Å². The number of nitrogens with one attached hydrogen (secondary N) is 2. The van der Waals surface area contributed by atoms with Gasteiger partial charge in [0.2, 0.25) is 11.9 Å². The van der Waals surface area contributed by atoms with Crippen molar-refractivity contribution in [3.05, 3.63) is 0 Å². The minimum Gasteiger partial charge on any atom is -0.463 e. The van der Waals surface area contributed by atoms with E-state index < -0.39 is 0 Å². The average molecular weight is 286 g/mol. The summed E-state index contributed by atoms with van der Waals surface area (Å²) in [4.78, 5) is 12.4. The second-order valence-electron chi connectivity index (χ2n) is 4.58. The number of anilines is 2. The molecule has 1 rings (SSSR count). The maximum absolute atomic E-state index is 5.39. The zero-order valence-electron chi connectivity index (χ0n) is 11.9. The van der Waals surface area contributed by atoms with Crippen LogP contribution in [0.3, 0.4) is 0 Å². The number of hydrogen-bond acceptors (Lipinski definition) is 8. The van der Waals surface area contributed by atoms with Crippen LogP contribution in [-0.4, -0.2) is 39.1 Å². The number of nitrogens with zero attached hydrogens (tertiary/aromatic N) is 3. The molecule has 0 saturated heterocycles. The first-order valence-electron chi connectivity index (χ1n) is 6.15. The lowest BCUT2D eigenvalue weighted by Crippen LogP contribution is -2.27. The molecule has 0 aliphatic rings. The molecule has 0 bridgehead atoms. The summed E-state index contributed by atoms with van der Waals surface area (Å²) in [6, 6.07) is 0.272. The van der Waals surface area contributed by atoms with Crippen LogP contribution >= 0.6 is 11.8 Å². The van der Waals surface area contributed by atoms with E-state index in [9.17, 15) is 0 Å². The number of ether oxygens (including phenoxy) is 1. The Morgan fingerprint density at radius 2 is 1.95 bits per heavy atom. The van der Waals surface area contributed by atoms with Gasteiger partial charge in [-0.1, -0.05) is 6.92 Å². The predicted molar refractivity (Wildman–Crippen MR) is 79.5 cm³/mol. The fourth-order valence-corrected chi connectivity index (χ4v) is 1.34. The molecule has 19 heavy (non-hydrogen) atoms.